The Bertz CT molecular complexity index is 391. The second kappa shape index (κ2) is 5.50. The van der Waals surface area contributed by atoms with Gasteiger partial charge in [-0.05, 0) is 41.6 Å². The van der Waals surface area contributed by atoms with E-state index in [4.69, 9.17) is 10.5 Å². The first-order valence-corrected chi connectivity index (χ1v) is 7.00. The Morgan fingerprint density at radius 3 is 2.82 bits per heavy atom. The molecule has 17 heavy (non-hydrogen) atoms. The first-order valence-electron chi connectivity index (χ1n) is 6.21. The van der Waals surface area contributed by atoms with Gasteiger partial charge in [-0.2, -0.15) is 5.10 Å². The molecule has 0 aliphatic heterocycles. The normalized spacial score (nSPS) is 24.5. The Morgan fingerprint density at radius 1 is 1.53 bits per heavy atom. The molecule has 0 aromatic carbocycles. The Morgan fingerprint density at radius 2 is 2.29 bits per heavy atom. The molecule has 5 heteroatoms. The first kappa shape index (κ1) is 13.1. The number of aromatic nitrogens is 2. The van der Waals surface area contributed by atoms with Gasteiger partial charge in [-0.1, -0.05) is 6.92 Å². The molecular weight excluding hydrogens is 282 g/mol. The minimum atomic E-state index is 0.202. The van der Waals surface area contributed by atoms with Crippen LogP contribution in [0.4, 0.5) is 0 Å². The Kier molecular flexibility index (Phi) is 4.22. The van der Waals surface area contributed by atoms with Gasteiger partial charge in [0.15, 0.2) is 0 Å². The lowest BCUT2D eigenvalue weighted by molar-refractivity contribution is 0.0320. The van der Waals surface area contributed by atoms with E-state index < -0.39 is 0 Å². The summed E-state index contributed by atoms with van der Waals surface area (Å²) >= 11 is 3.59. The topological polar surface area (TPSA) is 53.1 Å². The van der Waals surface area contributed by atoms with Crippen LogP contribution in [0.3, 0.4) is 0 Å². The fraction of sp³-hybridized carbons (Fsp3) is 0.750. The number of nitrogens with zero attached hydrogens (tertiary/aromatic N) is 2. The first-order chi connectivity index (χ1) is 8.13. The van der Waals surface area contributed by atoms with Crippen molar-refractivity contribution < 1.29 is 4.74 Å². The highest BCUT2D eigenvalue weighted by atomic mass is 79.9. The highest BCUT2D eigenvalue weighted by Crippen LogP contribution is 2.25. The lowest BCUT2D eigenvalue weighted by Crippen LogP contribution is -2.31. The molecule has 1 aliphatic carbocycles. The van der Waals surface area contributed by atoms with Gasteiger partial charge in [-0.15, -0.1) is 0 Å². The van der Waals surface area contributed by atoms with E-state index in [0.29, 0.717) is 6.61 Å². The second-order valence-corrected chi connectivity index (χ2v) is 5.42. The molecule has 1 aromatic rings. The van der Waals surface area contributed by atoms with Crippen LogP contribution in [0.15, 0.2) is 4.47 Å². The van der Waals surface area contributed by atoms with Crippen LogP contribution in [-0.4, -0.2) is 21.9 Å². The highest BCUT2D eigenvalue weighted by molar-refractivity contribution is 9.10. The maximum atomic E-state index is 5.99. The minimum absolute atomic E-state index is 0.202. The molecule has 1 aromatic heterocycles. The molecule has 0 amide bonds. The van der Waals surface area contributed by atoms with Gasteiger partial charge in [0.05, 0.1) is 28.6 Å². The van der Waals surface area contributed by atoms with Crippen LogP contribution in [0.5, 0.6) is 0 Å². The van der Waals surface area contributed by atoms with E-state index in [1.54, 1.807) is 0 Å². The number of rotatable bonds is 4. The summed E-state index contributed by atoms with van der Waals surface area (Å²) in [5.41, 5.74) is 8.17. The molecule has 2 rings (SSSR count). The van der Waals surface area contributed by atoms with E-state index in [0.717, 1.165) is 35.1 Å². The molecule has 2 unspecified atom stereocenters. The number of ether oxygens (including phenoxy) is 1. The lowest BCUT2D eigenvalue weighted by atomic mass is 10.2. The fourth-order valence-corrected chi connectivity index (χ4v) is 3.05. The zero-order chi connectivity index (χ0) is 12.4. The molecule has 2 N–H and O–H groups in total. The molecule has 1 saturated carbocycles. The molecule has 1 fully saturated rings. The minimum Gasteiger partial charge on any atom is -0.370 e. The largest absolute Gasteiger partial charge is 0.370 e. The Labute approximate surface area is 111 Å². The van der Waals surface area contributed by atoms with Crippen LogP contribution >= 0.6 is 15.9 Å². The summed E-state index contributed by atoms with van der Waals surface area (Å²) < 4.78 is 8.88. The van der Waals surface area contributed by atoms with Crippen molar-refractivity contribution in [2.45, 2.75) is 51.4 Å². The van der Waals surface area contributed by atoms with Crippen LogP contribution < -0.4 is 5.73 Å². The van der Waals surface area contributed by atoms with Crippen molar-refractivity contribution >= 4 is 15.9 Å². The SMILES string of the molecule is CCc1nn(C)c(COC2CCCC2N)c1Br. The van der Waals surface area contributed by atoms with Crippen LogP contribution in [-0.2, 0) is 24.8 Å². The van der Waals surface area contributed by atoms with Crippen LogP contribution in [0.1, 0.15) is 37.6 Å². The molecule has 1 aliphatic rings. The molecule has 0 spiro atoms. The Balaban J connectivity index is 2.01. The van der Waals surface area contributed by atoms with Gasteiger partial charge in [-0.25, -0.2) is 0 Å². The van der Waals surface area contributed by atoms with E-state index in [1.807, 2.05) is 11.7 Å². The van der Waals surface area contributed by atoms with Gasteiger partial charge < -0.3 is 10.5 Å². The van der Waals surface area contributed by atoms with E-state index in [2.05, 4.69) is 28.0 Å². The van der Waals surface area contributed by atoms with Crippen LogP contribution in [0.25, 0.3) is 0 Å². The van der Waals surface area contributed by atoms with Gasteiger partial charge in [0.1, 0.15) is 0 Å². The standard InChI is InChI=1S/C12H20BrN3O/c1-3-9-12(13)10(16(2)15-9)7-17-11-6-4-5-8(11)14/h8,11H,3-7,14H2,1-2H3. The summed E-state index contributed by atoms with van der Waals surface area (Å²) in [6, 6.07) is 0.202. The van der Waals surface area contributed by atoms with Crippen molar-refractivity contribution in [1.82, 2.24) is 9.78 Å². The molecule has 0 radical (unpaired) electrons. The third-order valence-electron chi connectivity index (χ3n) is 3.44. The van der Waals surface area contributed by atoms with Crippen molar-refractivity contribution in [1.29, 1.82) is 0 Å². The number of aryl methyl sites for hydroxylation is 2. The average Bonchev–Trinajstić information content (AvgIpc) is 2.82. The number of halogens is 1. The molecule has 4 nitrogen and oxygen atoms in total. The second-order valence-electron chi connectivity index (χ2n) is 4.63. The van der Waals surface area contributed by atoms with Crippen LogP contribution in [0.2, 0.25) is 0 Å². The molecule has 96 valence electrons. The summed E-state index contributed by atoms with van der Waals surface area (Å²) in [6.45, 7) is 2.69. The zero-order valence-electron chi connectivity index (χ0n) is 10.4. The van der Waals surface area contributed by atoms with E-state index in [9.17, 15) is 0 Å². The number of hydrogen-bond donors (Lipinski definition) is 1. The third-order valence-corrected chi connectivity index (χ3v) is 4.36. The zero-order valence-corrected chi connectivity index (χ0v) is 12.0. The molecule has 2 atom stereocenters. The number of hydrogen-bond acceptors (Lipinski definition) is 3. The van der Waals surface area contributed by atoms with Gasteiger partial charge in [0.2, 0.25) is 0 Å². The van der Waals surface area contributed by atoms with E-state index >= 15 is 0 Å². The van der Waals surface area contributed by atoms with Gasteiger partial charge in [0, 0.05) is 13.1 Å². The summed E-state index contributed by atoms with van der Waals surface area (Å²) in [4.78, 5) is 0. The van der Waals surface area contributed by atoms with E-state index in [1.165, 1.54) is 6.42 Å². The predicted octanol–water partition coefficient (Wildman–Crippen LogP) is 2.14. The fourth-order valence-electron chi connectivity index (χ4n) is 2.32. The van der Waals surface area contributed by atoms with Crippen molar-refractivity contribution in [3.63, 3.8) is 0 Å². The van der Waals surface area contributed by atoms with Crippen molar-refractivity contribution in [2.24, 2.45) is 12.8 Å². The number of nitrogens with two attached hydrogens (primary N) is 1. The maximum absolute atomic E-state index is 5.99. The maximum Gasteiger partial charge on any atom is 0.0900 e. The summed E-state index contributed by atoms with van der Waals surface area (Å²) in [5, 5.41) is 4.45. The van der Waals surface area contributed by atoms with Crippen molar-refractivity contribution in [3.8, 4) is 0 Å². The van der Waals surface area contributed by atoms with E-state index in [-0.39, 0.29) is 12.1 Å². The summed E-state index contributed by atoms with van der Waals surface area (Å²) in [7, 11) is 1.96. The third kappa shape index (κ3) is 2.72. The van der Waals surface area contributed by atoms with Gasteiger partial charge >= 0.3 is 0 Å². The molecule has 1 heterocycles. The molecular formula is C12H20BrN3O. The monoisotopic (exact) mass is 301 g/mol. The Hall–Kier alpha value is -0.390. The van der Waals surface area contributed by atoms with Crippen molar-refractivity contribution in [2.75, 3.05) is 0 Å². The van der Waals surface area contributed by atoms with Crippen molar-refractivity contribution in [3.05, 3.63) is 15.9 Å². The van der Waals surface area contributed by atoms with Gasteiger partial charge in [0.25, 0.3) is 0 Å². The quantitative estimate of drug-likeness (QED) is 0.927. The van der Waals surface area contributed by atoms with Gasteiger partial charge in [-0.3, -0.25) is 4.68 Å². The van der Waals surface area contributed by atoms with Crippen LogP contribution in [0, 0.1) is 0 Å². The highest BCUT2D eigenvalue weighted by Gasteiger charge is 2.25. The summed E-state index contributed by atoms with van der Waals surface area (Å²) in [5.74, 6) is 0. The lowest BCUT2D eigenvalue weighted by Gasteiger charge is -2.16. The molecule has 0 saturated heterocycles. The predicted molar refractivity (Wildman–Crippen MR) is 70.7 cm³/mol. The smallest absolute Gasteiger partial charge is 0.0900 e. The summed E-state index contributed by atoms with van der Waals surface area (Å²) in [6.07, 6.45) is 4.48. The molecule has 0 bridgehead atoms. The average molecular weight is 302 g/mol.